The molecule has 8 unspecified atom stereocenters. The van der Waals surface area contributed by atoms with E-state index in [4.69, 9.17) is 8.83 Å². The molecule has 188 valence electrons. The smallest absolute Gasteiger partial charge is 0.200 e. The topological polar surface area (TPSA) is 32.8 Å². The molecule has 4 nitrogen and oxygen atoms in total. The molecule has 35 heavy (non-hydrogen) atoms. The van der Waals surface area contributed by atoms with Crippen molar-refractivity contribution >= 4 is 19.8 Å². The molecule has 2 aliphatic carbocycles. The van der Waals surface area contributed by atoms with Crippen LogP contribution in [-0.2, 0) is 0 Å². The van der Waals surface area contributed by atoms with E-state index in [-0.39, 0.29) is 0 Å². The van der Waals surface area contributed by atoms with Crippen LogP contribution in [0.5, 0.6) is 0 Å². The molecule has 2 aromatic rings. The Morgan fingerprint density at radius 2 is 1.09 bits per heavy atom. The zero-order chi connectivity index (χ0) is 24.8. The predicted octanol–water partition coefficient (Wildman–Crippen LogP) is 8.14. The Balaban J connectivity index is 1.31. The van der Waals surface area contributed by atoms with Crippen LogP contribution in [0, 0.1) is 37.5 Å². The summed E-state index contributed by atoms with van der Waals surface area (Å²) >= 11 is 0. The van der Waals surface area contributed by atoms with Gasteiger partial charge in [-0.05, 0) is 75.6 Å². The van der Waals surface area contributed by atoms with E-state index in [1.807, 2.05) is 0 Å². The maximum absolute atomic E-state index is 6.12. The molecule has 2 saturated carbocycles. The zero-order valence-corrected chi connectivity index (χ0v) is 23.7. The highest BCUT2D eigenvalue weighted by Crippen LogP contribution is 2.63. The summed E-state index contributed by atoms with van der Waals surface area (Å²) in [6, 6.07) is 9.62. The van der Waals surface area contributed by atoms with Crippen LogP contribution in [0.2, 0.25) is 24.2 Å². The minimum atomic E-state index is -1.65. The van der Waals surface area contributed by atoms with Gasteiger partial charge in [0, 0.05) is 47.4 Å². The van der Waals surface area contributed by atoms with Crippen LogP contribution in [0.1, 0.15) is 52.1 Å². The van der Waals surface area contributed by atoms with E-state index in [1.165, 1.54) is 24.2 Å². The summed E-state index contributed by atoms with van der Waals surface area (Å²) in [5.74, 6) is 6.83. The number of allylic oxidation sites excluding steroid dienone is 2. The van der Waals surface area contributed by atoms with Crippen LogP contribution in [0.25, 0.3) is 0 Å². The van der Waals surface area contributed by atoms with Crippen molar-refractivity contribution in [2.45, 2.75) is 90.6 Å². The Morgan fingerprint density at radius 3 is 1.43 bits per heavy atom. The van der Waals surface area contributed by atoms with E-state index in [9.17, 15) is 0 Å². The van der Waals surface area contributed by atoms with Crippen LogP contribution in [-0.4, -0.2) is 20.2 Å². The van der Waals surface area contributed by atoms with Crippen molar-refractivity contribution in [1.29, 1.82) is 0 Å². The molecule has 5 heteroatoms. The minimum Gasteiger partial charge on any atom is -0.445 e. The van der Waals surface area contributed by atoms with Gasteiger partial charge in [-0.3, -0.25) is 0 Å². The monoisotopic (exact) mass is 490 g/mol. The van der Waals surface area contributed by atoms with E-state index in [2.05, 4.69) is 101 Å². The summed E-state index contributed by atoms with van der Waals surface area (Å²) in [6.45, 7) is 19.2. The van der Waals surface area contributed by atoms with Gasteiger partial charge >= 0.3 is 0 Å². The second-order valence-corrected chi connectivity index (χ2v) is 17.7. The molecule has 8 atom stereocenters. The molecule has 6 rings (SSSR count). The highest BCUT2D eigenvalue weighted by Gasteiger charge is 2.60. The van der Waals surface area contributed by atoms with Crippen molar-refractivity contribution in [3.8, 4) is 0 Å². The molecule has 0 radical (unpaired) electrons. The maximum atomic E-state index is 6.12. The van der Waals surface area contributed by atoms with Crippen molar-refractivity contribution < 1.29 is 8.83 Å². The summed E-state index contributed by atoms with van der Waals surface area (Å²) in [7, 11) is -1.65. The van der Waals surface area contributed by atoms with E-state index in [1.54, 1.807) is 0 Å². The second-order valence-electron chi connectivity index (χ2n) is 12.7. The number of nitrogens with zero attached hydrogens (tertiary/aromatic N) is 2. The average Bonchev–Trinajstić information content (AvgIpc) is 3.57. The standard InChI is InChI=1S/C30H42N2O2Si/c1-17-13-25-23(15-19(3)31(25)27-11-9-21(5)33-27)29(17)35(7,8)30-18(2)14-26-24(30)16-20(4)32(26)28-12-10-22(6)34-28/h9-12,15-18,23-26,29-30H,13-14H2,1-8H3. The molecule has 0 amide bonds. The second kappa shape index (κ2) is 7.93. The number of rotatable bonds is 4. The van der Waals surface area contributed by atoms with Gasteiger partial charge in [-0.25, -0.2) is 0 Å². The van der Waals surface area contributed by atoms with E-state index < -0.39 is 8.07 Å². The van der Waals surface area contributed by atoms with Gasteiger partial charge in [0.15, 0.2) is 11.8 Å². The zero-order valence-electron chi connectivity index (χ0n) is 22.7. The quantitative estimate of drug-likeness (QED) is 0.405. The SMILES string of the molecule is CC1=CC2C(CC(C)C2[Si](C)(C)C2C(C)CC3C2C=C(C)N3c2ccc(C)o2)N1c1ccc(C)o1. The summed E-state index contributed by atoms with van der Waals surface area (Å²) in [5, 5.41) is 0. The van der Waals surface area contributed by atoms with Crippen molar-refractivity contribution in [3.05, 3.63) is 59.3 Å². The third-order valence-electron chi connectivity index (χ3n) is 10.1. The Hall–Kier alpha value is -2.14. The first-order valence-corrected chi connectivity index (χ1v) is 16.8. The Kier molecular flexibility index (Phi) is 5.27. The van der Waals surface area contributed by atoms with Gasteiger partial charge < -0.3 is 18.6 Å². The number of hydrogen-bond donors (Lipinski definition) is 0. The first-order chi connectivity index (χ1) is 16.6. The molecule has 0 N–H and O–H groups in total. The Bertz CT molecular complexity index is 1100. The number of aryl methyl sites for hydroxylation is 2. The summed E-state index contributed by atoms with van der Waals surface area (Å²) in [6.07, 6.45) is 7.74. The van der Waals surface area contributed by atoms with E-state index in [0.29, 0.717) is 23.9 Å². The van der Waals surface area contributed by atoms with Gasteiger partial charge in [-0.2, -0.15) is 0 Å². The highest BCUT2D eigenvalue weighted by molar-refractivity contribution is 6.80. The molecular formula is C30H42N2O2Si. The molecule has 0 bridgehead atoms. The third-order valence-corrected chi connectivity index (χ3v) is 15.5. The van der Waals surface area contributed by atoms with Crippen LogP contribution >= 0.6 is 0 Å². The van der Waals surface area contributed by atoms with Crippen LogP contribution < -0.4 is 9.80 Å². The van der Waals surface area contributed by atoms with E-state index >= 15 is 0 Å². The molecule has 2 aliphatic heterocycles. The minimum absolute atomic E-state index is 0.545. The van der Waals surface area contributed by atoms with Crippen molar-refractivity contribution in [3.63, 3.8) is 0 Å². The van der Waals surface area contributed by atoms with Gasteiger partial charge in [0.25, 0.3) is 0 Å². The fraction of sp³-hybridized carbons (Fsp3) is 0.600. The summed E-state index contributed by atoms with van der Waals surface area (Å²) < 4.78 is 12.2. The molecule has 4 heterocycles. The molecule has 2 fully saturated rings. The first-order valence-electron chi connectivity index (χ1n) is 13.7. The van der Waals surface area contributed by atoms with Crippen molar-refractivity contribution in [2.75, 3.05) is 9.80 Å². The predicted molar refractivity (Wildman–Crippen MR) is 146 cm³/mol. The number of fused-ring (bicyclic) bond motifs is 2. The van der Waals surface area contributed by atoms with E-state index in [0.717, 1.165) is 46.2 Å². The molecule has 4 aliphatic rings. The Labute approximate surface area is 212 Å². The fourth-order valence-electron chi connectivity index (χ4n) is 9.29. The number of anilines is 2. The van der Waals surface area contributed by atoms with Gasteiger partial charge in [-0.15, -0.1) is 0 Å². The van der Waals surface area contributed by atoms with Crippen molar-refractivity contribution in [1.82, 2.24) is 0 Å². The molecule has 2 aromatic heterocycles. The molecule has 0 spiro atoms. The van der Waals surface area contributed by atoms with Gasteiger partial charge in [0.2, 0.25) is 0 Å². The highest BCUT2D eigenvalue weighted by atomic mass is 28.3. The third kappa shape index (κ3) is 3.37. The van der Waals surface area contributed by atoms with Crippen LogP contribution in [0.4, 0.5) is 11.8 Å². The lowest BCUT2D eigenvalue weighted by atomic mass is 10.0. The summed E-state index contributed by atoms with van der Waals surface area (Å²) in [5.41, 5.74) is 4.35. The van der Waals surface area contributed by atoms with Crippen molar-refractivity contribution in [2.24, 2.45) is 23.7 Å². The molecule has 0 saturated heterocycles. The number of furan rings is 2. The normalized spacial score (nSPS) is 36.6. The molecular weight excluding hydrogens is 448 g/mol. The maximum Gasteiger partial charge on any atom is 0.200 e. The Morgan fingerprint density at radius 1 is 0.686 bits per heavy atom. The van der Waals surface area contributed by atoms with Gasteiger partial charge in [0.1, 0.15) is 11.5 Å². The lowest BCUT2D eigenvalue weighted by Crippen LogP contribution is -2.46. The van der Waals surface area contributed by atoms with Gasteiger partial charge in [0.05, 0.1) is 8.07 Å². The fourth-order valence-corrected chi connectivity index (χ4v) is 15.6. The van der Waals surface area contributed by atoms with Crippen LogP contribution in [0.3, 0.4) is 0 Å². The van der Waals surface area contributed by atoms with Gasteiger partial charge in [-0.1, -0.05) is 39.1 Å². The summed E-state index contributed by atoms with van der Waals surface area (Å²) in [4.78, 5) is 5.03. The lowest BCUT2D eigenvalue weighted by Gasteiger charge is -2.44. The average molecular weight is 491 g/mol. The number of hydrogen-bond acceptors (Lipinski definition) is 4. The van der Waals surface area contributed by atoms with Crippen LogP contribution in [0.15, 0.2) is 56.6 Å². The lowest BCUT2D eigenvalue weighted by molar-refractivity contribution is 0.490. The first kappa shape index (κ1) is 23.3. The molecule has 0 aromatic carbocycles. The largest absolute Gasteiger partial charge is 0.445 e.